The van der Waals surface area contributed by atoms with Crippen LogP contribution < -0.4 is 0 Å². The Balaban J connectivity index is 3.18. The van der Waals surface area contributed by atoms with E-state index >= 15 is 0 Å². The number of hydrogen-bond donors (Lipinski definition) is 0. The van der Waals surface area contributed by atoms with Crippen LogP contribution in [-0.4, -0.2) is 13.2 Å². The molecule has 0 aromatic heterocycles. The van der Waals surface area contributed by atoms with Crippen LogP contribution in [0.4, 0.5) is 0 Å². The average molecular weight is 298 g/mol. The lowest BCUT2D eigenvalue weighted by Gasteiger charge is -2.31. The van der Waals surface area contributed by atoms with Crippen LogP contribution in [0.1, 0.15) is 52.3 Å². The van der Waals surface area contributed by atoms with Crippen molar-refractivity contribution >= 4 is 7.60 Å². The number of hydrogen-bond acceptors (Lipinski definition) is 3. The zero-order chi connectivity index (χ0) is 15.2. The summed E-state index contributed by atoms with van der Waals surface area (Å²) in [6.45, 7) is 10.9. The molecule has 0 fully saturated rings. The van der Waals surface area contributed by atoms with Gasteiger partial charge >= 0.3 is 7.60 Å². The molecular formula is C16H27O3P. The van der Waals surface area contributed by atoms with Crippen molar-refractivity contribution in [2.24, 2.45) is 5.41 Å². The van der Waals surface area contributed by atoms with Gasteiger partial charge in [0.1, 0.15) is 0 Å². The molecule has 0 radical (unpaired) electrons. The van der Waals surface area contributed by atoms with Gasteiger partial charge < -0.3 is 9.05 Å². The van der Waals surface area contributed by atoms with Crippen LogP contribution in [0.15, 0.2) is 30.3 Å². The van der Waals surface area contributed by atoms with Crippen LogP contribution >= 0.6 is 7.60 Å². The second-order valence-electron chi connectivity index (χ2n) is 6.07. The van der Waals surface area contributed by atoms with E-state index in [0.717, 1.165) is 12.0 Å². The lowest BCUT2D eigenvalue weighted by Crippen LogP contribution is -2.15. The molecule has 0 aliphatic rings. The molecule has 0 N–H and O–H groups in total. The summed E-state index contributed by atoms with van der Waals surface area (Å²) in [6, 6.07) is 9.90. The SMILES string of the molecule is CCOP(=O)(OCC)[C@H](CC(C)(C)C)c1ccccc1. The van der Waals surface area contributed by atoms with E-state index < -0.39 is 7.60 Å². The molecule has 0 unspecified atom stereocenters. The van der Waals surface area contributed by atoms with Gasteiger partial charge in [0.05, 0.1) is 18.9 Å². The molecule has 3 nitrogen and oxygen atoms in total. The van der Waals surface area contributed by atoms with E-state index in [9.17, 15) is 4.57 Å². The molecular weight excluding hydrogens is 271 g/mol. The van der Waals surface area contributed by atoms with Crippen molar-refractivity contribution in [2.45, 2.75) is 46.7 Å². The zero-order valence-corrected chi connectivity index (χ0v) is 14.2. The highest BCUT2D eigenvalue weighted by molar-refractivity contribution is 7.54. The van der Waals surface area contributed by atoms with Gasteiger partial charge in [-0.05, 0) is 31.2 Å². The quantitative estimate of drug-likeness (QED) is 0.630. The van der Waals surface area contributed by atoms with Crippen molar-refractivity contribution in [3.05, 3.63) is 35.9 Å². The maximum atomic E-state index is 13.1. The predicted molar refractivity (Wildman–Crippen MR) is 84.1 cm³/mol. The van der Waals surface area contributed by atoms with Crippen LogP contribution in [-0.2, 0) is 13.6 Å². The van der Waals surface area contributed by atoms with E-state index in [-0.39, 0.29) is 11.1 Å². The van der Waals surface area contributed by atoms with Crippen LogP contribution in [0.25, 0.3) is 0 Å². The minimum Gasteiger partial charge on any atom is -0.308 e. The molecule has 0 heterocycles. The van der Waals surface area contributed by atoms with E-state index in [2.05, 4.69) is 20.8 Å². The highest BCUT2D eigenvalue weighted by atomic mass is 31.2. The van der Waals surface area contributed by atoms with E-state index in [1.807, 2.05) is 44.2 Å². The third-order valence-electron chi connectivity index (χ3n) is 2.99. The normalized spacial score (nSPS) is 14.2. The Kier molecular flexibility index (Phi) is 6.44. The Morgan fingerprint density at radius 3 is 1.95 bits per heavy atom. The van der Waals surface area contributed by atoms with Gasteiger partial charge in [-0.2, -0.15) is 0 Å². The van der Waals surface area contributed by atoms with Gasteiger partial charge in [0.25, 0.3) is 0 Å². The second-order valence-corrected chi connectivity index (χ2v) is 8.29. The third-order valence-corrected chi connectivity index (χ3v) is 5.47. The predicted octanol–water partition coefficient (Wildman–Crippen LogP) is 5.43. The van der Waals surface area contributed by atoms with Crippen LogP contribution in [0, 0.1) is 5.41 Å². The minimum absolute atomic E-state index is 0.0460. The molecule has 1 aromatic rings. The largest absolute Gasteiger partial charge is 0.338 e. The Morgan fingerprint density at radius 2 is 1.55 bits per heavy atom. The molecule has 0 saturated heterocycles. The average Bonchev–Trinajstić information content (AvgIpc) is 2.36. The Morgan fingerprint density at radius 1 is 1.05 bits per heavy atom. The number of rotatable bonds is 7. The van der Waals surface area contributed by atoms with Gasteiger partial charge in [-0.25, -0.2) is 0 Å². The minimum atomic E-state index is -3.15. The summed E-state index contributed by atoms with van der Waals surface area (Å²) in [5, 5.41) is 0. The zero-order valence-electron chi connectivity index (χ0n) is 13.3. The van der Waals surface area contributed by atoms with Crippen LogP contribution in [0.5, 0.6) is 0 Å². The van der Waals surface area contributed by atoms with Crippen molar-refractivity contribution in [2.75, 3.05) is 13.2 Å². The van der Waals surface area contributed by atoms with Crippen molar-refractivity contribution in [1.29, 1.82) is 0 Å². The van der Waals surface area contributed by atoms with Gasteiger partial charge in [-0.15, -0.1) is 0 Å². The van der Waals surface area contributed by atoms with Gasteiger partial charge in [0.2, 0.25) is 0 Å². The maximum Gasteiger partial charge on any atom is 0.338 e. The highest BCUT2D eigenvalue weighted by Gasteiger charge is 2.39. The fourth-order valence-corrected chi connectivity index (χ4v) is 4.71. The van der Waals surface area contributed by atoms with E-state index in [1.165, 1.54) is 0 Å². The Hall–Kier alpha value is -0.630. The molecule has 1 rings (SSSR count). The third kappa shape index (κ3) is 5.05. The first kappa shape index (κ1) is 17.4. The van der Waals surface area contributed by atoms with Crippen molar-refractivity contribution in [1.82, 2.24) is 0 Å². The van der Waals surface area contributed by atoms with Gasteiger partial charge in [0.15, 0.2) is 0 Å². The fourth-order valence-electron chi connectivity index (χ4n) is 2.24. The van der Waals surface area contributed by atoms with Crippen molar-refractivity contribution < 1.29 is 13.6 Å². The molecule has 0 bridgehead atoms. The smallest absolute Gasteiger partial charge is 0.308 e. The molecule has 20 heavy (non-hydrogen) atoms. The summed E-state index contributed by atoms with van der Waals surface area (Å²) in [7, 11) is -3.15. The second kappa shape index (κ2) is 7.40. The molecule has 0 spiro atoms. The van der Waals surface area contributed by atoms with Gasteiger partial charge in [-0.3, -0.25) is 4.57 Å². The lowest BCUT2D eigenvalue weighted by molar-refractivity contribution is 0.203. The first-order chi connectivity index (χ1) is 9.32. The standard InChI is InChI=1S/C16H27O3P/c1-6-18-20(17,19-7-2)15(13-16(3,4)5)14-11-9-8-10-12-14/h8-12,15H,6-7,13H2,1-5H3/t15-/m1/s1. The molecule has 114 valence electrons. The highest BCUT2D eigenvalue weighted by Crippen LogP contribution is 2.64. The molecule has 0 amide bonds. The maximum absolute atomic E-state index is 13.1. The molecule has 4 heteroatoms. The monoisotopic (exact) mass is 298 g/mol. The Labute approximate surface area is 123 Å². The Bertz CT molecular complexity index is 427. The summed E-state index contributed by atoms with van der Waals surface area (Å²) in [4.78, 5) is 0. The molecule has 0 aliphatic carbocycles. The summed E-state index contributed by atoms with van der Waals surface area (Å²) in [6.07, 6.45) is 0.758. The number of benzene rings is 1. The summed E-state index contributed by atoms with van der Waals surface area (Å²) < 4.78 is 24.3. The lowest BCUT2D eigenvalue weighted by atomic mass is 9.88. The summed E-state index contributed by atoms with van der Waals surface area (Å²) in [5.74, 6) is 0. The molecule has 0 aliphatic heterocycles. The first-order valence-electron chi connectivity index (χ1n) is 7.26. The summed E-state index contributed by atoms with van der Waals surface area (Å²) >= 11 is 0. The van der Waals surface area contributed by atoms with Gasteiger partial charge in [0, 0.05) is 0 Å². The molecule has 1 atom stereocenters. The van der Waals surface area contributed by atoms with Crippen LogP contribution in [0.3, 0.4) is 0 Å². The fraction of sp³-hybridized carbons (Fsp3) is 0.625. The first-order valence-corrected chi connectivity index (χ1v) is 8.87. The van der Waals surface area contributed by atoms with Crippen molar-refractivity contribution in [3.63, 3.8) is 0 Å². The topological polar surface area (TPSA) is 35.5 Å². The van der Waals surface area contributed by atoms with E-state index in [1.54, 1.807) is 0 Å². The molecule has 1 aromatic carbocycles. The van der Waals surface area contributed by atoms with Gasteiger partial charge in [-0.1, -0.05) is 51.1 Å². The van der Waals surface area contributed by atoms with E-state index in [4.69, 9.17) is 9.05 Å². The van der Waals surface area contributed by atoms with E-state index in [0.29, 0.717) is 13.2 Å². The van der Waals surface area contributed by atoms with Crippen molar-refractivity contribution in [3.8, 4) is 0 Å². The summed E-state index contributed by atoms with van der Waals surface area (Å²) in [5.41, 5.74) is 0.848. The van der Waals surface area contributed by atoms with Crippen LogP contribution in [0.2, 0.25) is 0 Å². The molecule has 0 saturated carbocycles.